The third-order valence-corrected chi connectivity index (χ3v) is 8.40. The molecular formula is C24H34O5Si. The Labute approximate surface area is 181 Å². The monoisotopic (exact) mass is 430 g/mol. The summed E-state index contributed by atoms with van der Waals surface area (Å²) in [5.41, 5.74) is 6.51. The summed E-state index contributed by atoms with van der Waals surface area (Å²) >= 11 is 0. The van der Waals surface area contributed by atoms with E-state index in [0.717, 1.165) is 12.0 Å². The van der Waals surface area contributed by atoms with Crippen LogP contribution in [-0.4, -0.2) is 46.4 Å². The molecule has 0 heterocycles. The van der Waals surface area contributed by atoms with Gasteiger partial charge in [-0.25, -0.2) is 0 Å². The highest BCUT2D eigenvalue weighted by Crippen LogP contribution is 2.36. The normalized spacial score (nSPS) is 13.9. The Morgan fingerprint density at radius 3 is 2.27 bits per heavy atom. The van der Waals surface area contributed by atoms with E-state index in [2.05, 4.69) is 42.5 Å². The van der Waals surface area contributed by atoms with Gasteiger partial charge in [-0.1, -0.05) is 42.5 Å². The molecule has 0 amide bonds. The lowest BCUT2D eigenvalue weighted by molar-refractivity contribution is 0.0201. The Morgan fingerprint density at radius 2 is 1.57 bits per heavy atom. The van der Waals surface area contributed by atoms with E-state index in [4.69, 9.17) is 18.0 Å². The molecule has 0 radical (unpaired) electrons. The second-order valence-electron chi connectivity index (χ2n) is 7.52. The molecule has 0 spiro atoms. The third kappa shape index (κ3) is 5.78. The van der Waals surface area contributed by atoms with Gasteiger partial charge in [0.1, 0.15) is 0 Å². The molecule has 0 aliphatic heterocycles. The van der Waals surface area contributed by atoms with Gasteiger partial charge < -0.3 is 23.1 Å². The van der Waals surface area contributed by atoms with E-state index in [1.54, 1.807) is 0 Å². The molecule has 0 saturated heterocycles. The molecule has 0 aromatic heterocycles. The maximum Gasteiger partial charge on any atom is 0.501 e. The first-order valence-corrected chi connectivity index (χ1v) is 12.9. The number of aliphatic hydroxyl groups excluding tert-OH is 1. The van der Waals surface area contributed by atoms with Gasteiger partial charge in [-0.15, -0.1) is 0 Å². The van der Waals surface area contributed by atoms with Crippen LogP contribution in [0.5, 0.6) is 0 Å². The Bertz CT molecular complexity index is 793. The fourth-order valence-electron chi connectivity index (χ4n) is 4.03. The van der Waals surface area contributed by atoms with Crippen molar-refractivity contribution in [1.29, 1.82) is 0 Å². The summed E-state index contributed by atoms with van der Waals surface area (Å²) in [7, 11) is -2.72. The van der Waals surface area contributed by atoms with Crippen molar-refractivity contribution in [1.82, 2.24) is 0 Å². The molecule has 0 fully saturated rings. The van der Waals surface area contributed by atoms with Gasteiger partial charge in [0.15, 0.2) is 0 Å². The molecule has 1 atom stereocenters. The van der Waals surface area contributed by atoms with Crippen molar-refractivity contribution in [3.8, 4) is 11.1 Å². The molecule has 2 aromatic carbocycles. The number of rotatable bonds is 13. The van der Waals surface area contributed by atoms with Crippen molar-refractivity contribution in [2.45, 2.75) is 52.4 Å². The van der Waals surface area contributed by atoms with E-state index >= 15 is 0 Å². The summed E-state index contributed by atoms with van der Waals surface area (Å²) in [4.78, 5) is 0. The zero-order chi connectivity index (χ0) is 21.4. The highest BCUT2D eigenvalue weighted by molar-refractivity contribution is 6.60. The Kier molecular flexibility index (Phi) is 8.62. The summed E-state index contributed by atoms with van der Waals surface area (Å²) in [5.74, 6) is 0. The van der Waals surface area contributed by atoms with Crippen LogP contribution in [0, 0.1) is 0 Å². The minimum Gasteiger partial charge on any atom is -0.391 e. The van der Waals surface area contributed by atoms with Gasteiger partial charge in [0.05, 0.1) is 19.3 Å². The summed E-state index contributed by atoms with van der Waals surface area (Å²) in [6.07, 6.45) is 0.934. The first-order chi connectivity index (χ1) is 14.6. The summed E-state index contributed by atoms with van der Waals surface area (Å²) in [6.45, 7) is 8.22. The number of benzene rings is 2. The molecular weight excluding hydrogens is 396 g/mol. The maximum absolute atomic E-state index is 10.4. The van der Waals surface area contributed by atoms with Gasteiger partial charge in [-0.3, -0.25) is 0 Å². The van der Waals surface area contributed by atoms with Crippen LogP contribution >= 0.6 is 0 Å². The van der Waals surface area contributed by atoms with Crippen LogP contribution in [0.1, 0.15) is 43.9 Å². The van der Waals surface area contributed by atoms with E-state index in [1.165, 1.54) is 22.3 Å². The largest absolute Gasteiger partial charge is 0.501 e. The maximum atomic E-state index is 10.4. The lowest BCUT2D eigenvalue weighted by atomic mass is 10.0. The summed E-state index contributed by atoms with van der Waals surface area (Å²) in [5, 5.41) is 10.4. The average molecular weight is 431 g/mol. The second kappa shape index (κ2) is 11.2. The zero-order valence-electron chi connectivity index (χ0n) is 18.4. The molecule has 1 unspecified atom stereocenters. The quantitative estimate of drug-likeness (QED) is 0.403. The van der Waals surface area contributed by atoms with Gasteiger partial charge in [0.25, 0.3) is 0 Å². The SMILES string of the molecule is CCO[Si](CCC(O)COCc1ccc2c(c1)Cc1ccccc1-2)(OCC)OCC. The molecule has 164 valence electrons. The minimum absolute atomic E-state index is 0.284. The molecule has 0 saturated carbocycles. The lowest BCUT2D eigenvalue weighted by Crippen LogP contribution is -2.46. The highest BCUT2D eigenvalue weighted by Gasteiger charge is 2.40. The van der Waals surface area contributed by atoms with Crippen molar-refractivity contribution in [3.63, 3.8) is 0 Å². The Morgan fingerprint density at radius 1 is 0.900 bits per heavy atom. The minimum atomic E-state index is -2.72. The van der Waals surface area contributed by atoms with Crippen LogP contribution in [-0.2, 0) is 31.0 Å². The first kappa shape index (κ1) is 23.1. The fraction of sp³-hybridized carbons (Fsp3) is 0.500. The fourth-order valence-corrected chi connectivity index (χ4v) is 6.72. The molecule has 0 bridgehead atoms. The standard InChI is InChI=1S/C24H34O5Si/c1-4-27-30(28-5-2,29-6-3)14-13-22(25)18-26-17-19-11-12-24-21(15-19)16-20-9-7-8-10-23(20)24/h7-12,15,22,25H,4-6,13-14,16-18H2,1-3H3. The number of ether oxygens (including phenoxy) is 1. The van der Waals surface area contributed by atoms with Crippen molar-refractivity contribution < 1.29 is 23.1 Å². The topological polar surface area (TPSA) is 57.2 Å². The first-order valence-electron chi connectivity index (χ1n) is 11.0. The molecule has 5 nitrogen and oxygen atoms in total. The molecule has 3 rings (SSSR count). The lowest BCUT2D eigenvalue weighted by Gasteiger charge is -2.29. The van der Waals surface area contributed by atoms with Crippen LogP contribution in [0.4, 0.5) is 0 Å². The number of aliphatic hydroxyl groups is 1. The summed E-state index contributed by atoms with van der Waals surface area (Å²) in [6, 6.07) is 15.7. The van der Waals surface area contributed by atoms with Gasteiger partial charge in [-0.05, 0) is 61.4 Å². The van der Waals surface area contributed by atoms with Crippen LogP contribution in [0.25, 0.3) is 11.1 Å². The van der Waals surface area contributed by atoms with Crippen molar-refractivity contribution in [3.05, 3.63) is 59.2 Å². The van der Waals surface area contributed by atoms with Crippen LogP contribution in [0.3, 0.4) is 0 Å². The molecule has 2 aromatic rings. The van der Waals surface area contributed by atoms with E-state index < -0.39 is 14.9 Å². The molecule has 6 heteroatoms. The Hall–Kier alpha value is -1.54. The highest BCUT2D eigenvalue weighted by atomic mass is 28.4. The Balaban J connectivity index is 1.48. The van der Waals surface area contributed by atoms with Crippen molar-refractivity contribution >= 4 is 8.80 Å². The molecule has 30 heavy (non-hydrogen) atoms. The van der Waals surface area contributed by atoms with E-state index in [0.29, 0.717) is 38.9 Å². The van der Waals surface area contributed by atoms with Crippen LogP contribution in [0.2, 0.25) is 6.04 Å². The molecule has 1 aliphatic carbocycles. The smallest absolute Gasteiger partial charge is 0.391 e. The van der Waals surface area contributed by atoms with E-state index in [1.807, 2.05) is 20.8 Å². The third-order valence-electron chi connectivity index (χ3n) is 5.31. The van der Waals surface area contributed by atoms with Crippen LogP contribution in [0.15, 0.2) is 42.5 Å². The predicted molar refractivity (Wildman–Crippen MR) is 120 cm³/mol. The second-order valence-corrected chi connectivity index (χ2v) is 10.2. The van der Waals surface area contributed by atoms with Gasteiger partial charge in [0.2, 0.25) is 0 Å². The van der Waals surface area contributed by atoms with E-state index in [-0.39, 0.29) is 6.61 Å². The van der Waals surface area contributed by atoms with Crippen molar-refractivity contribution in [2.24, 2.45) is 0 Å². The number of fused-ring (bicyclic) bond motifs is 3. The van der Waals surface area contributed by atoms with Gasteiger partial charge in [0, 0.05) is 25.9 Å². The van der Waals surface area contributed by atoms with Gasteiger partial charge in [-0.2, -0.15) is 0 Å². The average Bonchev–Trinajstić information content (AvgIpc) is 3.11. The van der Waals surface area contributed by atoms with E-state index in [9.17, 15) is 5.11 Å². The molecule has 1 N–H and O–H groups in total. The van der Waals surface area contributed by atoms with Crippen molar-refractivity contribution in [2.75, 3.05) is 26.4 Å². The molecule has 1 aliphatic rings. The zero-order valence-corrected chi connectivity index (χ0v) is 19.4. The van der Waals surface area contributed by atoms with Crippen LogP contribution < -0.4 is 0 Å². The summed E-state index contributed by atoms with van der Waals surface area (Å²) < 4.78 is 23.3. The number of hydrogen-bond donors (Lipinski definition) is 1. The predicted octanol–water partition coefficient (Wildman–Crippen LogP) is 4.57. The number of hydrogen-bond acceptors (Lipinski definition) is 5. The van der Waals surface area contributed by atoms with Gasteiger partial charge >= 0.3 is 8.80 Å².